The number of imide groups is 2. The Labute approximate surface area is 243 Å². The van der Waals surface area contributed by atoms with E-state index in [1.807, 2.05) is 17.0 Å². The van der Waals surface area contributed by atoms with Crippen LogP contribution in [0.1, 0.15) is 61.1 Å². The van der Waals surface area contributed by atoms with Gasteiger partial charge in [-0.05, 0) is 47.6 Å². The van der Waals surface area contributed by atoms with E-state index in [0.717, 1.165) is 18.0 Å². The molecule has 4 aliphatic heterocycles. The first-order valence-corrected chi connectivity index (χ1v) is 14.4. The first-order chi connectivity index (χ1) is 20.4. The standard InChI is InChI=1S/C33H30N4O5/c38-28-14-13-27(30(39)34-28)37-32(41)25-12-11-22(15-26(25)33(37)42)31(40)36-18-23-16-35(17-24(23)19-36)29(20-7-3-1-4-8-20)21-9-5-2-6-10-21/h1-12,15,23-24,27,29H,13-14,16-19H2,(H,34,38,39). The molecule has 4 heterocycles. The van der Waals surface area contributed by atoms with Gasteiger partial charge in [-0.15, -0.1) is 0 Å². The maximum atomic E-state index is 13.6. The lowest BCUT2D eigenvalue weighted by Gasteiger charge is -2.30. The van der Waals surface area contributed by atoms with Crippen molar-refractivity contribution >= 4 is 29.5 Å². The third-order valence-electron chi connectivity index (χ3n) is 9.08. The Morgan fingerprint density at radius 3 is 1.93 bits per heavy atom. The van der Waals surface area contributed by atoms with E-state index in [9.17, 15) is 24.0 Å². The number of fused-ring (bicyclic) bond motifs is 2. The van der Waals surface area contributed by atoms with E-state index in [0.29, 0.717) is 30.5 Å². The molecule has 0 radical (unpaired) electrons. The Kier molecular flexibility index (Phi) is 6.46. The van der Waals surface area contributed by atoms with Gasteiger partial charge in [0.15, 0.2) is 0 Å². The van der Waals surface area contributed by atoms with Gasteiger partial charge in [-0.1, -0.05) is 60.7 Å². The first-order valence-electron chi connectivity index (χ1n) is 14.4. The summed E-state index contributed by atoms with van der Waals surface area (Å²) in [6.45, 7) is 3.01. The summed E-state index contributed by atoms with van der Waals surface area (Å²) < 4.78 is 0. The minimum atomic E-state index is -1.04. The molecule has 0 bridgehead atoms. The van der Waals surface area contributed by atoms with Gasteiger partial charge >= 0.3 is 0 Å². The van der Waals surface area contributed by atoms with Gasteiger partial charge in [0.05, 0.1) is 17.2 Å². The molecular weight excluding hydrogens is 532 g/mol. The molecule has 42 heavy (non-hydrogen) atoms. The fourth-order valence-corrected chi connectivity index (χ4v) is 7.08. The van der Waals surface area contributed by atoms with Crippen molar-refractivity contribution in [3.8, 4) is 0 Å². The molecule has 4 aliphatic rings. The quantitative estimate of drug-likeness (QED) is 0.480. The highest BCUT2D eigenvalue weighted by Gasteiger charge is 2.46. The molecule has 0 aromatic heterocycles. The Morgan fingerprint density at radius 2 is 1.33 bits per heavy atom. The van der Waals surface area contributed by atoms with Gasteiger partial charge < -0.3 is 4.90 Å². The summed E-state index contributed by atoms with van der Waals surface area (Å²) in [5.74, 6) is -1.76. The third kappa shape index (κ3) is 4.41. The molecule has 3 aromatic rings. The minimum absolute atomic E-state index is 0.0553. The van der Waals surface area contributed by atoms with E-state index in [1.54, 1.807) is 6.07 Å². The molecule has 0 spiro atoms. The second-order valence-corrected chi connectivity index (χ2v) is 11.6. The zero-order valence-electron chi connectivity index (χ0n) is 22.9. The predicted molar refractivity (Wildman–Crippen MR) is 152 cm³/mol. The normalized spacial score (nSPS) is 23.9. The third-order valence-corrected chi connectivity index (χ3v) is 9.08. The monoisotopic (exact) mass is 562 g/mol. The number of likely N-dealkylation sites (tertiary alicyclic amines) is 2. The number of amides is 5. The van der Waals surface area contributed by atoms with Gasteiger partial charge in [0.1, 0.15) is 6.04 Å². The number of hydrogen-bond donors (Lipinski definition) is 1. The van der Waals surface area contributed by atoms with Crippen LogP contribution in [0.15, 0.2) is 78.9 Å². The van der Waals surface area contributed by atoms with Gasteiger partial charge in [-0.3, -0.25) is 39.1 Å². The van der Waals surface area contributed by atoms with Crippen LogP contribution in [-0.4, -0.2) is 76.5 Å². The second kappa shape index (κ2) is 10.3. The molecule has 5 amide bonds. The highest BCUT2D eigenvalue weighted by atomic mass is 16.2. The number of benzene rings is 3. The molecule has 7 rings (SSSR count). The van der Waals surface area contributed by atoms with Crippen LogP contribution in [0, 0.1) is 11.8 Å². The van der Waals surface area contributed by atoms with E-state index in [4.69, 9.17) is 0 Å². The molecule has 9 nitrogen and oxygen atoms in total. The Hall–Kier alpha value is -4.63. The van der Waals surface area contributed by atoms with Crippen LogP contribution >= 0.6 is 0 Å². The molecule has 0 aliphatic carbocycles. The molecule has 212 valence electrons. The van der Waals surface area contributed by atoms with Crippen LogP contribution in [0.25, 0.3) is 0 Å². The molecule has 1 N–H and O–H groups in total. The zero-order valence-corrected chi connectivity index (χ0v) is 22.9. The van der Waals surface area contributed by atoms with Gasteiger partial charge in [0.2, 0.25) is 11.8 Å². The molecular formula is C33H30N4O5. The number of carbonyl (C=O) groups excluding carboxylic acids is 5. The topological polar surface area (TPSA) is 107 Å². The highest BCUT2D eigenvalue weighted by Crippen LogP contribution is 2.39. The van der Waals surface area contributed by atoms with E-state index in [2.05, 4.69) is 58.7 Å². The first kappa shape index (κ1) is 26.3. The lowest BCUT2D eigenvalue weighted by atomic mass is 9.97. The lowest BCUT2D eigenvalue weighted by molar-refractivity contribution is -0.136. The molecule has 3 fully saturated rings. The van der Waals surface area contributed by atoms with E-state index < -0.39 is 29.7 Å². The Balaban J connectivity index is 1.06. The maximum Gasteiger partial charge on any atom is 0.262 e. The number of nitrogens with zero attached hydrogens (tertiary/aromatic N) is 3. The summed E-state index contributed by atoms with van der Waals surface area (Å²) in [4.78, 5) is 69.1. The van der Waals surface area contributed by atoms with Crippen molar-refractivity contribution in [3.63, 3.8) is 0 Å². The Morgan fingerprint density at radius 1 is 0.738 bits per heavy atom. The summed E-state index contributed by atoms with van der Waals surface area (Å²) in [7, 11) is 0. The summed E-state index contributed by atoms with van der Waals surface area (Å²) in [5.41, 5.74) is 3.14. The van der Waals surface area contributed by atoms with E-state index in [1.165, 1.54) is 23.3 Å². The lowest BCUT2D eigenvalue weighted by Crippen LogP contribution is -2.54. The molecule has 3 atom stereocenters. The van der Waals surface area contributed by atoms with Crippen molar-refractivity contribution in [1.82, 2.24) is 20.0 Å². The summed E-state index contributed by atoms with van der Waals surface area (Å²) in [6, 6.07) is 24.7. The van der Waals surface area contributed by atoms with E-state index in [-0.39, 0.29) is 35.9 Å². The van der Waals surface area contributed by atoms with Crippen LogP contribution in [0.3, 0.4) is 0 Å². The van der Waals surface area contributed by atoms with Crippen LogP contribution in [0.5, 0.6) is 0 Å². The summed E-state index contributed by atoms with van der Waals surface area (Å²) >= 11 is 0. The highest BCUT2D eigenvalue weighted by molar-refractivity contribution is 6.24. The molecule has 9 heteroatoms. The SMILES string of the molecule is O=C1CCC(N2C(=O)c3ccc(C(=O)N4CC5CN(C(c6ccccc6)c6ccccc6)CC5C4)cc3C2=O)C(=O)N1. The smallest absolute Gasteiger partial charge is 0.262 e. The number of piperidine rings is 1. The molecule has 3 aromatic carbocycles. The number of carbonyl (C=O) groups is 5. The van der Waals surface area contributed by atoms with Gasteiger partial charge in [-0.2, -0.15) is 0 Å². The maximum absolute atomic E-state index is 13.6. The van der Waals surface area contributed by atoms with Crippen molar-refractivity contribution in [2.75, 3.05) is 26.2 Å². The van der Waals surface area contributed by atoms with Crippen LogP contribution < -0.4 is 5.32 Å². The second-order valence-electron chi connectivity index (χ2n) is 11.6. The minimum Gasteiger partial charge on any atom is -0.338 e. The number of rotatable bonds is 5. The molecule has 3 unspecified atom stereocenters. The van der Waals surface area contributed by atoms with Gasteiger partial charge in [-0.25, -0.2) is 0 Å². The van der Waals surface area contributed by atoms with Crippen molar-refractivity contribution in [2.24, 2.45) is 11.8 Å². The average molecular weight is 563 g/mol. The van der Waals surface area contributed by atoms with Crippen molar-refractivity contribution < 1.29 is 24.0 Å². The largest absolute Gasteiger partial charge is 0.338 e. The predicted octanol–water partition coefficient (Wildman–Crippen LogP) is 2.88. The number of nitrogens with one attached hydrogen (secondary N) is 1. The van der Waals surface area contributed by atoms with Crippen LogP contribution in [0.2, 0.25) is 0 Å². The van der Waals surface area contributed by atoms with E-state index >= 15 is 0 Å². The van der Waals surface area contributed by atoms with Crippen LogP contribution in [-0.2, 0) is 9.59 Å². The van der Waals surface area contributed by atoms with Crippen molar-refractivity contribution in [2.45, 2.75) is 24.9 Å². The Bertz CT molecular complexity index is 1550. The molecule has 0 saturated carbocycles. The van der Waals surface area contributed by atoms with Crippen molar-refractivity contribution in [3.05, 3.63) is 107 Å². The van der Waals surface area contributed by atoms with Crippen molar-refractivity contribution in [1.29, 1.82) is 0 Å². The fourth-order valence-electron chi connectivity index (χ4n) is 7.08. The zero-order chi connectivity index (χ0) is 29.0. The molecule has 3 saturated heterocycles. The number of hydrogen-bond acceptors (Lipinski definition) is 6. The van der Waals surface area contributed by atoms with Gasteiger partial charge in [0.25, 0.3) is 17.7 Å². The summed E-state index contributed by atoms with van der Waals surface area (Å²) in [6.07, 6.45) is 0.143. The summed E-state index contributed by atoms with van der Waals surface area (Å²) in [5, 5.41) is 2.20. The average Bonchev–Trinajstić information content (AvgIpc) is 3.65. The van der Waals surface area contributed by atoms with Gasteiger partial charge in [0, 0.05) is 38.2 Å². The fraction of sp³-hybridized carbons (Fsp3) is 0.303. The van der Waals surface area contributed by atoms with Crippen LogP contribution in [0.4, 0.5) is 0 Å².